The second-order valence-electron chi connectivity index (χ2n) is 12.4. The van der Waals surface area contributed by atoms with Crippen molar-refractivity contribution in [1.82, 2.24) is 9.80 Å². The summed E-state index contributed by atoms with van der Waals surface area (Å²) in [6.07, 6.45) is 2.11. The molecular formula is C35H35ClFN3O4S. The van der Waals surface area contributed by atoms with Crippen molar-refractivity contribution in [2.24, 2.45) is 0 Å². The van der Waals surface area contributed by atoms with Crippen LogP contribution in [0.3, 0.4) is 0 Å². The number of hydrogen-bond donors (Lipinski definition) is 1. The first-order chi connectivity index (χ1) is 21.4. The lowest BCUT2D eigenvalue weighted by Crippen LogP contribution is -2.47. The number of aromatic hydroxyl groups is 1. The molecule has 1 aliphatic carbocycles. The molecule has 7 nitrogen and oxygen atoms in total. The van der Waals surface area contributed by atoms with Gasteiger partial charge in [-0.05, 0) is 94.0 Å². The summed E-state index contributed by atoms with van der Waals surface area (Å²) < 4.78 is 20.9. The Kier molecular flexibility index (Phi) is 9.38. The van der Waals surface area contributed by atoms with Crippen molar-refractivity contribution < 1.29 is 23.8 Å². The number of carbonyl (C=O) groups excluding carboxylic acids is 2. The van der Waals surface area contributed by atoms with E-state index in [9.17, 15) is 24.3 Å². The number of phenols is 1. The molecule has 0 saturated heterocycles. The van der Waals surface area contributed by atoms with Crippen LogP contribution in [-0.2, 0) is 11.3 Å². The lowest BCUT2D eigenvalue weighted by Gasteiger charge is -2.40. The van der Waals surface area contributed by atoms with Crippen molar-refractivity contribution >= 4 is 45.0 Å². The molecular weight excluding hydrogens is 613 g/mol. The summed E-state index contributed by atoms with van der Waals surface area (Å²) >= 11 is 7.80. The second kappa shape index (κ2) is 13.1. The van der Waals surface area contributed by atoms with Crippen LogP contribution in [0, 0.1) is 17.1 Å². The maximum Gasteiger partial charge on any atom is 0.410 e. The Morgan fingerprint density at radius 1 is 1.04 bits per heavy atom. The van der Waals surface area contributed by atoms with Crippen LogP contribution in [-0.4, -0.2) is 51.6 Å². The molecule has 1 fully saturated rings. The molecule has 1 saturated carbocycles. The molecule has 1 N–H and O–H groups in total. The number of thiophene rings is 1. The molecule has 3 aromatic carbocycles. The van der Waals surface area contributed by atoms with E-state index in [4.69, 9.17) is 16.3 Å². The van der Waals surface area contributed by atoms with Crippen LogP contribution in [0.1, 0.15) is 67.3 Å². The van der Waals surface area contributed by atoms with Gasteiger partial charge in [0.2, 0.25) is 0 Å². The molecule has 0 atom stereocenters. The molecule has 0 unspecified atom stereocenters. The largest absolute Gasteiger partial charge is 0.508 e. The average Bonchev–Trinajstić information content (AvgIpc) is 3.36. The zero-order chi connectivity index (χ0) is 32.5. The highest BCUT2D eigenvalue weighted by Crippen LogP contribution is 2.40. The second-order valence-corrected chi connectivity index (χ2v) is 13.8. The Morgan fingerprint density at radius 3 is 2.38 bits per heavy atom. The molecule has 5 rings (SSSR count). The third-order valence-corrected chi connectivity index (χ3v) is 9.78. The van der Waals surface area contributed by atoms with E-state index in [-0.39, 0.29) is 51.7 Å². The van der Waals surface area contributed by atoms with E-state index in [1.807, 2.05) is 32.9 Å². The van der Waals surface area contributed by atoms with Gasteiger partial charge < -0.3 is 19.6 Å². The third-order valence-electron chi connectivity index (χ3n) is 8.14. The Hall–Kier alpha value is -4.13. The van der Waals surface area contributed by atoms with E-state index in [1.165, 1.54) is 6.07 Å². The smallest absolute Gasteiger partial charge is 0.410 e. The summed E-state index contributed by atoms with van der Waals surface area (Å²) in [7, 11) is 1.73. The molecule has 0 aliphatic heterocycles. The van der Waals surface area contributed by atoms with Gasteiger partial charge in [0.1, 0.15) is 22.0 Å². The number of fused-ring (bicyclic) bond motifs is 1. The number of ether oxygens (including phenoxy) is 1. The molecule has 45 heavy (non-hydrogen) atoms. The number of phenolic OH excluding ortho intramolecular Hbond substituents is 1. The van der Waals surface area contributed by atoms with Gasteiger partial charge in [-0.15, -0.1) is 11.3 Å². The van der Waals surface area contributed by atoms with Crippen LogP contribution < -0.4 is 0 Å². The zero-order valence-corrected chi connectivity index (χ0v) is 27.2. The monoisotopic (exact) mass is 647 g/mol. The van der Waals surface area contributed by atoms with E-state index >= 15 is 0 Å². The highest BCUT2D eigenvalue weighted by Gasteiger charge is 2.35. The Morgan fingerprint density at radius 2 is 1.71 bits per heavy atom. The number of nitriles is 1. The minimum Gasteiger partial charge on any atom is -0.508 e. The van der Waals surface area contributed by atoms with E-state index < -0.39 is 11.4 Å². The minimum absolute atomic E-state index is 0.0276. The fourth-order valence-electron chi connectivity index (χ4n) is 5.79. The van der Waals surface area contributed by atoms with E-state index in [0.29, 0.717) is 41.5 Å². The first-order valence-corrected chi connectivity index (χ1v) is 16.0. The van der Waals surface area contributed by atoms with Crippen molar-refractivity contribution in [3.05, 3.63) is 87.5 Å². The SMILES string of the molecule is CN(C(=O)OC(C)(C)C)[C@H]1CC[C@H](N(Cc2cc(-c3cccc(C#N)c3)ccc2O)C(=O)c2sc3cccc(F)c3c2Cl)CC1. The van der Waals surface area contributed by atoms with Crippen LogP contribution in [0.5, 0.6) is 5.75 Å². The van der Waals surface area contributed by atoms with Crippen molar-refractivity contribution in [2.75, 3.05) is 7.05 Å². The van der Waals surface area contributed by atoms with Gasteiger partial charge in [-0.25, -0.2) is 9.18 Å². The van der Waals surface area contributed by atoms with Gasteiger partial charge in [0.05, 0.1) is 16.7 Å². The summed E-state index contributed by atoms with van der Waals surface area (Å²) in [5, 5.41) is 20.6. The topological polar surface area (TPSA) is 93.9 Å². The molecule has 0 radical (unpaired) electrons. The molecule has 10 heteroatoms. The number of halogens is 2. The normalized spacial score (nSPS) is 16.6. The van der Waals surface area contributed by atoms with Crippen molar-refractivity contribution in [2.45, 2.75) is 70.7 Å². The third kappa shape index (κ3) is 7.08. The first kappa shape index (κ1) is 32.3. The van der Waals surface area contributed by atoms with Crippen LogP contribution in [0.2, 0.25) is 5.02 Å². The fraction of sp³-hybridized carbons (Fsp3) is 0.343. The Balaban J connectivity index is 1.46. The summed E-state index contributed by atoms with van der Waals surface area (Å²) in [6.45, 7) is 5.57. The lowest BCUT2D eigenvalue weighted by molar-refractivity contribution is 0.0144. The number of benzene rings is 3. The van der Waals surface area contributed by atoms with Gasteiger partial charge >= 0.3 is 6.09 Å². The van der Waals surface area contributed by atoms with Gasteiger partial charge in [-0.1, -0.05) is 35.9 Å². The van der Waals surface area contributed by atoms with Gasteiger partial charge in [0.25, 0.3) is 5.91 Å². The van der Waals surface area contributed by atoms with E-state index in [1.54, 1.807) is 59.3 Å². The number of hydrogen-bond acceptors (Lipinski definition) is 6. The van der Waals surface area contributed by atoms with Crippen molar-refractivity contribution in [3.8, 4) is 22.9 Å². The summed E-state index contributed by atoms with van der Waals surface area (Å²) in [6, 6.07) is 18.9. The summed E-state index contributed by atoms with van der Waals surface area (Å²) in [5.74, 6) is -0.810. The summed E-state index contributed by atoms with van der Waals surface area (Å²) in [5.41, 5.74) is 2.03. The van der Waals surface area contributed by atoms with Crippen LogP contribution >= 0.6 is 22.9 Å². The predicted molar refractivity (Wildman–Crippen MR) is 175 cm³/mol. The molecule has 1 aromatic heterocycles. The van der Waals surface area contributed by atoms with Crippen molar-refractivity contribution in [1.29, 1.82) is 5.26 Å². The highest BCUT2D eigenvalue weighted by molar-refractivity contribution is 7.21. The van der Waals surface area contributed by atoms with Crippen LogP contribution in [0.15, 0.2) is 60.7 Å². The van der Waals surface area contributed by atoms with E-state index in [0.717, 1.165) is 22.5 Å². The fourth-order valence-corrected chi connectivity index (χ4v) is 7.30. The molecule has 0 bridgehead atoms. The van der Waals surface area contributed by atoms with Gasteiger partial charge in [0, 0.05) is 41.3 Å². The number of rotatable bonds is 6. The predicted octanol–water partition coefficient (Wildman–Crippen LogP) is 8.76. The molecule has 234 valence electrons. The van der Waals surface area contributed by atoms with Gasteiger partial charge in [0.15, 0.2) is 0 Å². The van der Waals surface area contributed by atoms with Crippen LogP contribution in [0.25, 0.3) is 21.2 Å². The average molecular weight is 648 g/mol. The summed E-state index contributed by atoms with van der Waals surface area (Å²) in [4.78, 5) is 30.6. The van der Waals surface area contributed by atoms with Crippen molar-refractivity contribution in [3.63, 3.8) is 0 Å². The van der Waals surface area contributed by atoms with Crippen LogP contribution in [0.4, 0.5) is 9.18 Å². The van der Waals surface area contributed by atoms with E-state index in [2.05, 4.69) is 6.07 Å². The Bertz CT molecular complexity index is 1790. The number of amides is 2. The highest BCUT2D eigenvalue weighted by atomic mass is 35.5. The molecule has 0 spiro atoms. The maximum absolute atomic E-state index is 14.7. The zero-order valence-electron chi connectivity index (χ0n) is 25.6. The minimum atomic E-state index is -0.610. The number of carbonyl (C=O) groups is 2. The van der Waals surface area contributed by atoms with Gasteiger partial charge in [-0.3, -0.25) is 4.79 Å². The Labute approximate surface area is 271 Å². The maximum atomic E-state index is 14.7. The lowest BCUT2D eigenvalue weighted by atomic mass is 9.89. The quantitative estimate of drug-likeness (QED) is 0.226. The number of nitrogens with zero attached hydrogens (tertiary/aromatic N) is 3. The van der Waals surface area contributed by atoms with Gasteiger partial charge in [-0.2, -0.15) is 5.26 Å². The molecule has 2 amide bonds. The molecule has 4 aromatic rings. The first-order valence-electron chi connectivity index (χ1n) is 14.8. The molecule has 1 aliphatic rings. The molecule has 1 heterocycles. The standard InChI is InChI=1S/C35H35ClFN3O4S/c1-35(2,3)44-34(43)39(4)25-12-14-26(15-13-25)40(33(42)32-31(36)30-27(37)9-6-10-29(30)45-32)20-24-18-23(11-16-28(24)41)22-8-5-7-21(17-22)19-38/h5-11,16-18,25-26,41H,12-15,20H2,1-4H3/t25-,26-.